The fraction of sp³-hybridized carbons (Fsp3) is 0.538. The van der Waals surface area contributed by atoms with Gasteiger partial charge in [-0.25, -0.2) is 8.42 Å². The molecule has 0 amide bonds. The quantitative estimate of drug-likeness (QED) is 0.900. The van der Waals surface area contributed by atoms with Crippen molar-refractivity contribution < 1.29 is 8.42 Å². The molecule has 1 aromatic carbocycles. The Bertz CT molecular complexity index is 534. The normalized spacial score (nSPS) is 19.5. The van der Waals surface area contributed by atoms with E-state index in [9.17, 15) is 8.42 Å². The maximum atomic E-state index is 12.4. The second-order valence-corrected chi connectivity index (χ2v) is 7.06. The fourth-order valence-electron chi connectivity index (χ4n) is 2.47. The van der Waals surface area contributed by atoms with E-state index in [1.165, 1.54) is 4.31 Å². The minimum Gasteiger partial charge on any atom is -0.323 e. The van der Waals surface area contributed by atoms with Gasteiger partial charge in [-0.15, -0.1) is 0 Å². The first-order chi connectivity index (χ1) is 8.39. The van der Waals surface area contributed by atoms with E-state index in [0.29, 0.717) is 18.0 Å². The highest BCUT2D eigenvalue weighted by Crippen LogP contribution is 2.30. The molecule has 0 atom stereocenters. The van der Waals surface area contributed by atoms with Crippen molar-refractivity contribution in [3.63, 3.8) is 0 Å². The largest absolute Gasteiger partial charge is 0.323 e. The van der Waals surface area contributed by atoms with E-state index in [1.54, 1.807) is 12.1 Å². The molecule has 0 spiro atoms. The molecular formula is C13H20N2O2S. The van der Waals surface area contributed by atoms with E-state index in [1.807, 2.05) is 19.1 Å². The number of aryl methyl sites for hydroxylation is 1. The van der Waals surface area contributed by atoms with Crippen molar-refractivity contribution in [2.24, 2.45) is 5.73 Å². The molecule has 0 aromatic heterocycles. The van der Waals surface area contributed by atoms with Crippen LogP contribution < -0.4 is 5.73 Å². The second-order valence-electron chi connectivity index (χ2n) is 5.15. The van der Waals surface area contributed by atoms with E-state index in [4.69, 9.17) is 5.73 Å². The monoisotopic (exact) mass is 268 g/mol. The standard InChI is InChI=1S/C13H20N2O2S/c1-3-8-13(14)9-15(10-13)18(16,17)12-7-5-4-6-11(12)2/h4-7H,3,8-10,14H2,1-2H3. The lowest BCUT2D eigenvalue weighted by molar-refractivity contribution is 0.147. The van der Waals surface area contributed by atoms with Gasteiger partial charge in [-0.3, -0.25) is 0 Å². The second kappa shape index (κ2) is 4.64. The molecule has 0 saturated carbocycles. The number of hydrogen-bond acceptors (Lipinski definition) is 3. The van der Waals surface area contributed by atoms with Crippen LogP contribution in [0, 0.1) is 6.92 Å². The number of benzene rings is 1. The Morgan fingerprint density at radius 3 is 2.50 bits per heavy atom. The SMILES string of the molecule is CCCC1(N)CN(S(=O)(=O)c2ccccc2C)C1. The molecule has 18 heavy (non-hydrogen) atoms. The van der Waals surface area contributed by atoms with Crippen molar-refractivity contribution in [2.45, 2.75) is 37.1 Å². The number of nitrogens with zero attached hydrogens (tertiary/aromatic N) is 1. The summed E-state index contributed by atoms with van der Waals surface area (Å²) in [7, 11) is -3.37. The Balaban J connectivity index is 2.19. The maximum absolute atomic E-state index is 12.4. The van der Waals surface area contributed by atoms with Crippen LogP contribution in [0.25, 0.3) is 0 Å². The molecule has 1 aromatic rings. The van der Waals surface area contributed by atoms with Gasteiger partial charge >= 0.3 is 0 Å². The number of hydrogen-bond donors (Lipinski definition) is 1. The first-order valence-corrected chi connectivity index (χ1v) is 7.68. The van der Waals surface area contributed by atoms with Crippen molar-refractivity contribution in [2.75, 3.05) is 13.1 Å². The molecule has 1 saturated heterocycles. The van der Waals surface area contributed by atoms with Crippen LogP contribution in [-0.4, -0.2) is 31.4 Å². The zero-order valence-electron chi connectivity index (χ0n) is 10.9. The molecule has 100 valence electrons. The maximum Gasteiger partial charge on any atom is 0.243 e. The number of rotatable bonds is 4. The highest BCUT2D eigenvalue weighted by Gasteiger charge is 2.45. The minimum absolute atomic E-state index is 0.329. The third kappa shape index (κ3) is 2.30. The summed E-state index contributed by atoms with van der Waals surface area (Å²) >= 11 is 0. The van der Waals surface area contributed by atoms with Gasteiger partial charge in [0, 0.05) is 18.6 Å². The highest BCUT2D eigenvalue weighted by atomic mass is 32.2. The summed E-state index contributed by atoms with van der Waals surface area (Å²) in [6.07, 6.45) is 1.85. The Hall–Kier alpha value is -0.910. The Labute approximate surface area is 109 Å². The predicted octanol–water partition coefficient (Wildman–Crippen LogP) is 1.50. The number of sulfonamides is 1. The van der Waals surface area contributed by atoms with Gasteiger partial charge in [-0.2, -0.15) is 4.31 Å². The minimum atomic E-state index is -3.37. The lowest BCUT2D eigenvalue weighted by atomic mass is 9.89. The van der Waals surface area contributed by atoms with E-state index in [-0.39, 0.29) is 5.54 Å². The van der Waals surface area contributed by atoms with Crippen LogP contribution in [0.2, 0.25) is 0 Å². The Morgan fingerprint density at radius 2 is 1.94 bits per heavy atom. The van der Waals surface area contributed by atoms with Gasteiger partial charge in [-0.1, -0.05) is 31.5 Å². The third-order valence-corrected chi connectivity index (χ3v) is 5.39. The average Bonchev–Trinajstić information content (AvgIpc) is 2.26. The molecule has 0 aliphatic carbocycles. The lowest BCUT2D eigenvalue weighted by Crippen LogP contribution is -2.68. The van der Waals surface area contributed by atoms with Gasteiger partial charge < -0.3 is 5.73 Å². The van der Waals surface area contributed by atoms with E-state index >= 15 is 0 Å². The van der Waals surface area contributed by atoms with Gasteiger partial charge in [0.2, 0.25) is 10.0 Å². The predicted molar refractivity (Wildman–Crippen MR) is 71.8 cm³/mol. The Morgan fingerprint density at radius 1 is 1.33 bits per heavy atom. The average molecular weight is 268 g/mol. The molecule has 1 fully saturated rings. The summed E-state index contributed by atoms with van der Waals surface area (Å²) in [6, 6.07) is 7.06. The van der Waals surface area contributed by atoms with Gasteiger partial charge in [-0.05, 0) is 25.0 Å². The molecule has 4 nitrogen and oxygen atoms in total. The molecule has 0 radical (unpaired) electrons. The van der Waals surface area contributed by atoms with E-state index in [0.717, 1.165) is 18.4 Å². The summed E-state index contributed by atoms with van der Waals surface area (Å²) in [5, 5.41) is 0. The lowest BCUT2D eigenvalue weighted by Gasteiger charge is -2.46. The highest BCUT2D eigenvalue weighted by molar-refractivity contribution is 7.89. The van der Waals surface area contributed by atoms with Crippen LogP contribution in [0.1, 0.15) is 25.3 Å². The molecule has 0 unspecified atom stereocenters. The summed E-state index contributed by atoms with van der Waals surface area (Å²) in [5.74, 6) is 0. The summed E-state index contributed by atoms with van der Waals surface area (Å²) in [4.78, 5) is 0.392. The fourth-order valence-corrected chi connectivity index (χ4v) is 4.32. The molecule has 1 heterocycles. The smallest absolute Gasteiger partial charge is 0.243 e. The van der Waals surface area contributed by atoms with Crippen molar-refractivity contribution >= 4 is 10.0 Å². The van der Waals surface area contributed by atoms with E-state index < -0.39 is 10.0 Å². The molecule has 5 heteroatoms. The van der Waals surface area contributed by atoms with Gasteiger partial charge in [0.1, 0.15) is 0 Å². The van der Waals surface area contributed by atoms with Crippen LogP contribution in [0.15, 0.2) is 29.2 Å². The van der Waals surface area contributed by atoms with E-state index in [2.05, 4.69) is 6.92 Å². The topological polar surface area (TPSA) is 63.4 Å². The summed E-state index contributed by atoms with van der Waals surface area (Å²) in [6.45, 7) is 4.73. The van der Waals surface area contributed by atoms with Crippen LogP contribution in [0.4, 0.5) is 0 Å². The Kier molecular flexibility index (Phi) is 3.49. The van der Waals surface area contributed by atoms with Crippen LogP contribution in [0.5, 0.6) is 0 Å². The summed E-state index contributed by atoms with van der Waals surface area (Å²) < 4.78 is 26.3. The third-order valence-electron chi connectivity index (χ3n) is 3.44. The van der Waals surface area contributed by atoms with Crippen molar-refractivity contribution in [1.29, 1.82) is 0 Å². The zero-order valence-corrected chi connectivity index (χ0v) is 11.7. The molecular weight excluding hydrogens is 248 g/mol. The summed E-state index contributed by atoms with van der Waals surface area (Å²) in [5.41, 5.74) is 6.56. The van der Waals surface area contributed by atoms with Crippen LogP contribution in [-0.2, 0) is 10.0 Å². The number of nitrogens with two attached hydrogens (primary N) is 1. The van der Waals surface area contributed by atoms with Crippen molar-refractivity contribution in [3.8, 4) is 0 Å². The van der Waals surface area contributed by atoms with Crippen LogP contribution in [0.3, 0.4) is 0 Å². The molecule has 1 aliphatic heterocycles. The van der Waals surface area contributed by atoms with Crippen LogP contribution >= 0.6 is 0 Å². The molecule has 2 N–H and O–H groups in total. The van der Waals surface area contributed by atoms with Gasteiger partial charge in [0.05, 0.1) is 4.90 Å². The van der Waals surface area contributed by atoms with Crippen molar-refractivity contribution in [3.05, 3.63) is 29.8 Å². The van der Waals surface area contributed by atoms with Gasteiger partial charge in [0.15, 0.2) is 0 Å². The first-order valence-electron chi connectivity index (χ1n) is 6.24. The zero-order chi connectivity index (χ0) is 13.4. The van der Waals surface area contributed by atoms with Gasteiger partial charge in [0.25, 0.3) is 0 Å². The molecule has 0 bridgehead atoms. The molecule has 2 rings (SSSR count). The van der Waals surface area contributed by atoms with Crippen molar-refractivity contribution in [1.82, 2.24) is 4.31 Å². The molecule has 1 aliphatic rings. The first kappa shape index (κ1) is 13.5.